The molecule has 0 aliphatic carbocycles. The van der Waals surface area contributed by atoms with Crippen molar-refractivity contribution in [1.29, 1.82) is 0 Å². The van der Waals surface area contributed by atoms with Crippen LogP contribution in [0.2, 0.25) is 0 Å². The maximum atomic E-state index is 5.59. The topological polar surface area (TPSA) is 24.5 Å². The lowest BCUT2D eigenvalue weighted by Gasteiger charge is -2.36. The molecule has 1 aromatic carbocycles. The van der Waals surface area contributed by atoms with Crippen molar-refractivity contribution in [2.45, 2.75) is 26.3 Å². The molecule has 1 N–H and O–H groups in total. The van der Waals surface area contributed by atoms with Gasteiger partial charge in [-0.1, -0.05) is 29.8 Å². The first-order valence-corrected chi connectivity index (χ1v) is 8.19. The minimum Gasteiger partial charge on any atom is -0.496 e. The largest absolute Gasteiger partial charge is 0.496 e. The Balaban J connectivity index is 0.00000220. The number of halogens is 3. The molecule has 1 aromatic rings. The van der Waals surface area contributed by atoms with Gasteiger partial charge < -0.3 is 10.1 Å². The summed E-state index contributed by atoms with van der Waals surface area (Å²) in [6, 6.07) is 6.76. The zero-order valence-corrected chi connectivity index (χ0v) is 16.7. The summed E-state index contributed by atoms with van der Waals surface area (Å²) in [5, 5.41) is 3.43. The SMILES string of the molecule is COc1ccc(Br)cc1[C@H](CC(C)C)N1CCNCC1.Cl.Cl. The molecule has 3 nitrogen and oxygen atoms in total. The lowest BCUT2D eigenvalue weighted by Crippen LogP contribution is -2.45. The third kappa shape index (κ3) is 5.89. The zero-order valence-electron chi connectivity index (χ0n) is 13.5. The van der Waals surface area contributed by atoms with E-state index in [0.717, 1.165) is 42.8 Å². The molecule has 1 atom stereocenters. The Hall–Kier alpha value is -0.000000000000000222. The van der Waals surface area contributed by atoms with E-state index in [9.17, 15) is 0 Å². The number of methoxy groups -OCH3 is 1. The molecule has 6 heteroatoms. The molecule has 0 aromatic heterocycles. The molecule has 1 aliphatic rings. The molecule has 0 spiro atoms. The summed E-state index contributed by atoms with van der Waals surface area (Å²) in [6.07, 6.45) is 1.16. The van der Waals surface area contributed by atoms with Crippen LogP contribution in [-0.4, -0.2) is 38.2 Å². The first-order valence-electron chi connectivity index (χ1n) is 7.40. The summed E-state index contributed by atoms with van der Waals surface area (Å²) in [4.78, 5) is 2.58. The highest BCUT2D eigenvalue weighted by molar-refractivity contribution is 9.10. The number of piperazine rings is 1. The van der Waals surface area contributed by atoms with E-state index in [1.807, 2.05) is 6.07 Å². The third-order valence-corrected chi connectivity index (χ3v) is 4.33. The number of nitrogens with zero attached hydrogens (tertiary/aromatic N) is 1. The zero-order chi connectivity index (χ0) is 14.5. The Bertz CT molecular complexity index is 440. The normalized spacial score (nSPS) is 16.6. The minimum atomic E-state index is 0. The Morgan fingerprint density at radius 3 is 2.41 bits per heavy atom. The van der Waals surface area contributed by atoms with Gasteiger partial charge in [-0.15, -0.1) is 24.8 Å². The average molecular weight is 414 g/mol. The molecule has 0 amide bonds. The first-order chi connectivity index (χ1) is 9.61. The minimum absolute atomic E-state index is 0. The monoisotopic (exact) mass is 412 g/mol. The Labute approximate surface area is 155 Å². The van der Waals surface area contributed by atoms with E-state index in [1.165, 1.54) is 5.56 Å². The van der Waals surface area contributed by atoms with Gasteiger partial charge in [0.15, 0.2) is 0 Å². The summed E-state index contributed by atoms with van der Waals surface area (Å²) >= 11 is 3.60. The van der Waals surface area contributed by atoms with Crippen LogP contribution in [0.3, 0.4) is 0 Å². The van der Waals surface area contributed by atoms with Crippen molar-refractivity contribution in [3.63, 3.8) is 0 Å². The average Bonchev–Trinajstić information content (AvgIpc) is 2.45. The van der Waals surface area contributed by atoms with E-state index < -0.39 is 0 Å². The van der Waals surface area contributed by atoms with E-state index in [0.29, 0.717) is 12.0 Å². The fourth-order valence-corrected chi connectivity index (χ4v) is 3.26. The van der Waals surface area contributed by atoms with Gasteiger partial charge in [0.2, 0.25) is 0 Å². The number of hydrogen-bond donors (Lipinski definition) is 1. The summed E-state index contributed by atoms with van der Waals surface area (Å²) in [5.74, 6) is 1.66. The predicted octanol–water partition coefficient (Wildman–Crippen LogP) is 4.29. The lowest BCUT2D eigenvalue weighted by molar-refractivity contribution is 0.151. The van der Waals surface area contributed by atoms with Gasteiger partial charge in [0.1, 0.15) is 5.75 Å². The van der Waals surface area contributed by atoms with Gasteiger partial charge in [0.25, 0.3) is 0 Å². The van der Waals surface area contributed by atoms with Crippen molar-refractivity contribution in [1.82, 2.24) is 10.2 Å². The molecule has 0 bridgehead atoms. The number of hydrogen-bond acceptors (Lipinski definition) is 3. The maximum Gasteiger partial charge on any atom is 0.123 e. The van der Waals surface area contributed by atoms with Crippen LogP contribution in [0, 0.1) is 5.92 Å². The molecule has 0 radical (unpaired) electrons. The predicted molar refractivity (Wildman–Crippen MR) is 102 cm³/mol. The number of ether oxygens (including phenoxy) is 1. The van der Waals surface area contributed by atoms with Gasteiger partial charge in [0, 0.05) is 42.3 Å². The molecule has 2 rings (SSSR count). The molecule has 0 saturated carbocycles. The molecule has 0 unspecified atom stereocenters. The van der Waals surface area contributed by atoms with Crippen LogP contribution >= 0.6 is 40.7 Å². The molecule has 22 heavy (non-hydrogen) atoms. The van der Waals surface area contributed by atoms with Crippen LogP contribution in [0.25, 0.3) is 0 Å². The van der Waals surface area contributed by atoms with Crippen molar-refractivity contribution in [3.8, 4) is 5.75 Å². The van der Waals surface area contributed by atoms with Crippen LogP contribution in [0.5, 0.6) is 5.75 Å². The number of benzene rings is 1. The van der Waals surface area contributed by atoms with Crippen LogP contribution < -0.4 is 10.1 Å². The Kier molecular flexibility index (Phi) is 10.7. The van der Waals surface area contributed by atoms with E-state index >= 15 is 0 Å². The summed E-state index contributed by atoms with van der Waals surface area (Å²) in [7, 11) is 1.76. The number of nitrogens with one attached hydrogen (secondary N) is 1. The van der Waals surface area contributed by atoms with Gasteiger partial charge in [-0.2, -0.15) is 0 Å². The first kappa shape index (κ1) is 22.0. The fraction of sp³-hybridized carbons (Fsp3) is 0.625. The van der Waals surface area contributed by atoms with Crippen LogP contribution in [-0.2, 0) is 0 Å². The molecule has 1 aliphatic heterocycles. The van der Waals surface area contributed by atoms with E-state index in [4.69, 9.17) is 4.74 Å². The molecule has 128 valence electrons. The van der Waals surface area contributed by atoms with Gasteiger partial charge in [-0.05, 0) is 30.5 Å². The highest BCUT2D eigenvalue weighted by Crippen LogP contribution is 2.36. The van der Waals surface area contributed by atoms with Crippen molar-refractivity contribution in [3.05, 3.63) is 28.2 Å². The van der Waals surface area contributed by atoms with Crippen molar-refractivity contribution >= 4 is 40.7 Å². The van der Waals surface area contributed by atoms with Crippen molar-refractivity contribution < 1.29 is 4.74 Å². The molecule has 1 heterocycles. The van der Waals surface area contributed by atoms with Gasteiger partial charge >= 0.3 is 0 Å². The second-order valence-electron chi connectivity index (χ2n) is 5.82. The van der Waals surface area contributed by atoms with Crippen LogP contribution in [0.1, 0.15) is 31.9 Å². The molecule has 1 saturated heterocycles. The second kappa shape index (κ2) is 10.7. The fourth-order valence-electron chi connectivity index (χ4n) is 2.88. The molecular weight excluding hydrogens is 387 g/mol. The van der Waals surface area contributed by atoms with Gasteiger partial charge in [-0.3, -0.25) is 4.90 Å². The summed E-state index contributed by atoms with van der Waals surface area (Å²) in [6.45, 7) is 8.94. The third-order valence-electron chi connectivity index (χ3n) is 3.84. The molecular formula is C16H27BrCl2N2O. The standard InChI is InChI=1S/C16H25BrN2O.2ClH/c1-12(2)10-15(19-8-6-18-7-9-19)14-11-13(17)4-5-16(14)20-3;;/h4-5,11-12,15,18H,6-10H2,1-3H3;2*1H/t15-;;/m0../s1. The Morgan fingerprint density at radius 1 is 1.23 bits per heavy atom. The second-order valence-corrected chi connectivity index (χ2v) is 6.73. The van der Waals surface area contributed by atoms with Gasteiger partial charge in [0.05, 0.1) is 7.11 Å². The lowest BCUT2D eigenvalue weighted by atomic mass is 9.94. The maximum absolute atomic E-state index is 5.59. The molecule has 1 fully saturated rings. The van der Waals surface area contributed by atoms with E-state index in [-0.39, 0.29) is 24.8 Å². The highest BCUT2D eigenvalue weighted by atomic mass is 79.9. The quantitative estimate of drug-likeness (QED) is 0.778. The van der Waals surface area contributed by atoms with Crippen LogP contribution in [0.4, 0.5) is 0 Å². The smallest absolute Gasteiger partial charge is 0.123 e. The Morgan fingerprint density at radius 2 is 1.86 bits per heavy atom. The van der Waals surface area contributed by atoms with Gasteiger partial charge in [-0.25, -0.2) is 0 Å². The highest BCUT2D eigenvalue weighted by Gasteiger charge is 2.25. The van der Waals surface area contributed by atoms with Crippen molar-refractivity contribution in [2.75, 3.05) is 33.3 Å². The van der Waals surface area contributed by atoms with Crippen LogP contribution in [0.15, 0.2) is 22.7 Å². The summed E-state index contributed by atoms with van der Waals surface area (Å²) < 4.78 is 6.71. The van der Waals surface area contributed by atoms with Crippen molar-refractivity contribution in [2.24, 2.45) is 5.92 Å². The van der Waals surface area contributed by atoms with E-state index in [2.05, 4.69) is 52.1 Å². The number of rotatable bonds is 5. The van der Waals surface area contributed by atoms with E-state index in [1.54, 1.807) is 7.11 Å². The summed E-state index contributed by atoms with van der Waals surface area (Å²) in [5.41, 5.74) is 1.30.